The molecule has 0 saturated carbocycles. The Morgan fingerprint density at radius 3 is 1.97 bits per heavy atom. The van der Waals surface area contributed by atoms with Crippen LogP contribution in [0.15, 0.2) is 107 Å². The quantitative estimate of drug-likeness (QED) is 0.142. The molecule has 0 bridgehead atoms. The zero-order valence-corrected chi connectivity index (χ0v) is 21.4. The van der Waals surface area contributed by atoms with Gasteiger partial charge in [-0.3, -0.25) is 9.52 Å². The molecular weight excluding hydrogens is 488 g/mol. The van der Waals surface area contributed by atoms with Crippen molar-refractivity contribution in [3.8, 4) is 0 Å². The van der Waals surface area contributed by atoms with Gasteiger partial charge < -0.3 is 10.0 Å². The highest BCUT2D eigenvalue weighted by Crippen LogP contribution is 2.29. The number of aliphatic carboxylic acids is 1. The minimum Gasteiger partial charge on any atom is -0.474 e. The number of nitrogens with zero attached hydrogens (tertiary/aromatic N) is 1. The molecule has 184 valence electrons. The van der Waals surface area contributed by atoms with Crippen molar-refractivity contribution in [1.29, 1.82) is 0 Å². The van der Waals surface area contributed by atoms with Gasteiger partial charge in [0.1, 0.15) is 0 Å². The number of nitrogens with one attached hydrogen (secondary N) is 1. The second-order valence-corrected chi connectivity index (χ2v) is 10.7. The second kappa shape index (κ2) is 13.1. The molecule has 0 saturated heterocycles. The molecule has 0 atom stereocenters. The Bertz CT molecular complexity index is 1210. The summed E-state index contributed by atoms with van der Waals surface area (Å²) in [5.41, 5.74) is 3.50. The molecule has 1 amide bonds. The molecule has 2 N–H and O–H groups in total. The standard InChI is InChI=1S/C29H28N2O3S2/c32-28(29(33)34)31(20-22-10-4-1-5-11-22)21-25-16-17-27(35-25)36-30-19-18-26(23-12-6-2-7-13-23)24-14-8-3-9-15-24/h1-17,26,30H,18-21H2,(H,33,34). The lowest BCUT2D eigenvalue weighted by Gasteiger charge is -2.20. The number of hydrogen-bond acceptors (Lipinski definition) is 5. The van der Waals surface area contributed by atoms with Crippen LogP contribution in [0.2, 0.25) is 0 Å². The molecule has 3 aromatic carbocycles. The first kappa shape index (κ1) is 25.7. The van der Waals surface area contributed by atoms with Crippen LogP contribution in [0.3, 0.4) is 0 Å². The van der Waals surface area contributed by atoms with E-state index in [2.05, 4.69) is 53.3 Å². The molecule has 5 nitrogen and oxygen atoms in total. The van der Waals surface area contributed by atoms with E-state index in [-0.39, 0.29) is 13.1 Å². The molecule has 1 heterocycles. The van der Waals surface area contributed by atoms with E-state index in [0.29, 0.717) is 5.92 Å². The van der Waals surface area contributed by atoms with Crippen LogP contribution in [0.4, 0.5) is 0 Å². The molecule has 0 aliphatic heterocycles. The van der Waals surface area contributed by atoms with Gasteiger partial charge >= 0.3 is 11.9 Å². The Morgan fingerprint density at radius 2 is 1.39 bits per heavy atom. The minimum atomic E-state index is -1.44. The molecule has 0 aliphatic carbocycles. The maximum atomic E-state index is 12.3. The molecule has 0 radical (unpaired) electrons. The number of carbonyl (C=O) groups excluding carboxylic acids is 1. The van der Waals surface area contributed by atoms with Gasteiger partial charge in [-0.05, 0) is 47.2 Å². The molecule has 0 spiro atoms. The van der Waals surface area contributed by atoms with Crippen molar-refractivity contribution in [1.82, 2.24) is 9.62 Å². The maximum Gasteiger partial charge on any atom is 0.394 e. The fourth-order valence-electron chi connectivity index (χ4n) is 4.05. The number of carbonyl (C=O) groups is 2. The van der Waals surface area contributed by atoms with E-state index in [4.69, 9.17) is 0 Å². The zero-order valence-electron chi connectivity index (χ0n) is 19.7. The summed E-state index contributed by atoms with van der Waals surface area (Å²) in [7, 11) is 0. The Morgan fingerprint density at radius 1 is 0.806 bits per heavy atom. The van der Waals surface area contributed by atoms with E-state index in [1.54, 1.807) is 23.3 Å². The highest BCUT2D eigenvalue weighted by atomic mass is 32.2. The lowest BCUT2D eigenvalue weighted by molar-refractivity contribution is -0.156. The van der Waals surface area contributed by atoms with Crippen LogP contribution in [0, 0.1) is 0 Å². The van der Waals surface area contributed by atoms with E-state index < -0.39 is 11.9 Å². The van der Waals surface area contributed by atoms with Crippen molar-refractivity contribution in [2.24, 2.45) is 0 Å². The average molecular weight is 517 g/mol. The Kier molecular flexibility index (Phi) is 9.33. The van der Waals surface area contributed by atoms with Gasteiger partial charge in [0.15, 0.2) is 0 Å². The summed E-state index contributed by atoms with van der Waals surface area (Å²) in [5, 5.41) is 9.26. The van der Waals surface area contributed by atoms with Gasteiger partial charge in [-0.1, -0.05) is 91.0 Å². The minimum absolute atomic E-state index is 0.255. The molecule has 4 rings (SSSR count). The number of hydrogen-bond donors (Lipinski definition) is 2. The van der Waals surface area contributed by atoms with Crippen LogP contribution in [-0.2, 0) is 22.7 Å². The second-order valence-electron chi connectivity index (χ2n) is 8.33. The number of carboxylic acid groups (broad SMARTS) is 1. The van der Waals surface area contributed by atoms with Crippen molar-refractivity contribution >= 4 is 35.2 Å². The topological polar surface area (TPSA) is 69.6 Å². The number of rotatable bonds is 11. The SMILES string of the molecule is O=C(O)C(=O)N(Cc1ccccc1)Cc1ccc(SNCCC(c2ccccc2)c2ccccc2)s1. The van der Waals surface area contributed by atoms with E-state index in [0.717, 1.165) is 27.6 Å². The van der Waals surface area contributed by atoms with Crippen LogP contribution in [-0.4, -0.2) is 28.4 Å². The zero-order chi connectivity index (χ0) is 25.2. The highest BCUT2D eigenvalue weighted by molar-refractivity contribution is 7.99. The fourth-order valence-corrected chi connectivity index (χ4v) is 5.96. The molecule has 4 aromatic rings. The molecule has 7 heteroatoms. The first-order chi connectivity index (χ1) is 17.6. The van der Waals surface area contributed by atoms with Crippen LogP contribution in [0.1, 0.15) is 33.9 Å². The third-order valence-corrected chi connectivity index (χ3v) is 7.83. The fraction of sp³-hybridized carbons (Fsp3) is 0.172. The van der Waals surface area contributed by atoms with Gasteiger partial charge in [0, 0.05) is 23.9 Å². The van der Waals surface area contributed by atoms with Crippen molar-refractivity contribution in [2.75, 3.05) is 6.54 Å². The summed E-state index contributed by atoms with van der Waals surface area (Å²) < 4.78 is 4.54. The molecule has 36 heavy (non-hydrogen) atoms. The van der Waals surface area contributed by atoms with Crippen molar-refractivity contribution in [3.05, 3.63) is 125 Å². The summed E-state index contributed by atoms with van der Waals surface area (Å²) in [4.78, 5) is 26.0. The monoisotopic (exact) mass is 516 g/mol. The number of carboxylic acids is 1. The van der Waals surface area contributed by atoms with Crippen LogP contribution in [0.25, 0.3) is 0 Å². The van der Waals surface area contributed by atoms with E-state index in [1.807, 2.05) is 54.6 Å². The lowest BCUT2D eigenvalue weighted by atomic mass is 9.89. The number of amides is 1. The van der Waals surface area contributed by atoms with E-state index >= 15 is 0 Å². The van der Waals surface area contributed by atoms with Crippen molar-refractivity contribution < 1.29 is 14.7 Å². The predicted molar refractivity (Wildman–Crippen MR) is 146 cm³/mol. The summed E-state index contributed by atoms with van der Waals surface area (Å²) in [6, 6.07) is 34.5. The molecular formula is C29H28N2O3S2. The third kappa shape index (κ3) is 7.31. The number of thiophene rings is 1. The smallest absolute Gasteiger partial charge is 0.394 e. The Labute approximate surface area is 219 Å². The van der Waals surface area contributed by atoms with Crippen LogP contribution < -0.4 is 4.72 Å². The Balaban J connectivity index is 1.33. The van der Waals surface area contributed by atoms with Gasteiger partial charge in [0.05, 0.1) is 10.8 Å². The lowest BCUT2D eigenvalue weighted by Crippen LogP contribution is -2.35. The largest absolute Gasteiger partial charge is 0.474 e. The van der Waals surface area contributed by atoms with Crippen molar-refractivity contribution in [3.63, 3.8) is 0 Å². The average Bonchev–Trinajstić information content (AvgIpc) is 3.36. The maximum absolute atomic E-state index is 12.3. The highest BCUT2D eigenvalue weighted by Gasteiger charge is 2.22. The first-order valence-electron chi connectivity index (χ1n) is 11.7. The summed E-state index contributed by atoms with van der Waals surface area (Å²) >= 11 is 3.13. The van der Waals surface area contributed by atoms with Crippen molar-refractivity contribution in [2.45, 2.75) is 29.6 Å². The van der Waals surface area contributed by atoms with E-state index in [1.165, 1.54) is 16.0 Å². The normalized spacial score (nSPS) is 10.9. The third-order valence-electron chi connectivity index (χ3n) is 5.78. The van der Waals surface area contributed by atoms with Gasteiger partial charge in [0.2, 0.25) is 0 Å². The van der Waals surface area contributed by atoms with Gasteiger partial charge in [-0.2, -0.15) is 0 Å². The first-order valence-corrected chi connectivity index (χ1v) is 13.4. The Hall–Kier alpha value is -3.39. The van der Waals surface area contributed by atoms with Gasteiger partial charge in [0.25, 0.3) is 0 Å². The predicted octanol–water partition coefficient (Wildman–Crippen LogP) is 6.18. The summed E-state index contributed by atoms with van der Waals surface area (Å²) in [6.45, 7) is 1.34. The molecule has 0 unspecified atom stereocenters. The van der Waals surface area contributed by atoms with Gasteiger partial charge in [-0.25, -0.2) is 4.79 Å². The number of benzene rings is 3. The molecule has 0 aliphatic rings. The van der Waals surface area contributed by atoms with Gasteiger partial charge in [-0.15, -0.1) is 11.3 Å². The van der Waals surface area contributed by atoms with Crippen LogP contribution >= 0.6 is 23.3 Å². The van der Waals surface area contributed by atoms with Crippen LogP contribution in [0.5, 0.6) is 0 Å². The molecule has 1 aromatic heterocycles. The molecule has 0 fully saturated rings. The summed E-state index contributed by atoms with van der Waals surface area (Å²) in [6.07, 6.45) is 0.956. The summed E-state index contributed by atoms with van der Waals surface area (Å²) in [5.74, 6) is -2.02. The van der Waals surface area contributed by atoms with E-state index in [9.17, 15) is 14.7 Å².